The van der Waals surface area contributed by atoms with E-state index >= 15 is 0 Å². The molecule has 3 aromatic carbocycles. The van der Waals surface area contributed by atoms with Crippen molar-refractivity contribution in [1.82, 2.24) is 0 Å². The van der Waals surface area contributed by atoms with Gasteiger partial charge in [-0.2, -0.15) is 0 Å². The lowest BCUT2D eigenvalue weighted by molar-refractivity contribution is -0.146. The van der Waals surface area contributed by atoms with E-state index in [4.69, 9.17) is 18.9 Å². The van der Waals surface area contributed by atoms with Crippen molar-refractivity contribution in [1.29, 1.82) is 0 Å². The summed E-state index contributed by atoms with van der Waals surface area (Å²) in [7, 11) is 0. The monoisotopic (exact) mass is 564 g/mol. The highest BCUT2D eigenvalue weighted by atomic mass is 16.5. The number of hydrogen-bond donors (Lipinski definition) is 0. The lowest BCUT2D eigenvalue weighted by Crippen LogP contribution is -2.20. The van der Waals surface area contributed by atoms with Gasteiger partial charge in [0.25, 0.3) is 0 Å². The van der Waals surface area contributed by atoms with E-state index in [-0.39, 0.29) is 37.0 Å². The lowest BCUT2D eigenvalue weighted by atomic mass is 9.97. The van der Waals surface area contributed by atoms with Gasteiger partial charge in [0.2, 0.25) is 0 Å². The number of ether oxygens (including phenoxy) is 4. The van der Waals surface area contributed by atoms with Crippen molar-refractivity contribution in [2.45, 2.75) is 111 Å². The van der Waals surface area contributed by atoms with Crippen molar-refractivity contribution in [3.63, 3.8) is 0 Å². The van der Waals surface area contributed by atoms with E-state index in [2.05, 4.69) is 39.0 Å². The molecule has 3 rings (SSSR count). The van der Waals surface area contributed by atoms with Crippen molar-refractivity contribution in [2.24, 2.45) is 0 Å². The average molecular weight is 565 g/mol. The summed E-state index contributed by atoms with van der Waals surface area (Å²) in [5.74, 6) is 0.959. The Balaban J connectivity index is 1.98. The highest BCUT2D eigenvalue weighted by molar-refractivity contribution is 6.11. The van der Waals surface area contributed by atoms with E-state index < -0.39 is 0 Å². The molecule has 6 nitrogen and oxygen atoms in total. The highest BCUT2D eigenvalue weighted by Gasteiger charge is 2.22. The van der Waals surface area contributed by atoms with E-state index in [1.165, 1.54) is 12.0 Å². The van der Waals surface area contributed by atoms with Crippen molar-refractivity contribution in [3.05, 3.63) is 48.0 Å². The first-order valence-electron chi connectivity index (χ1n) is 15.5. The summed E-state index contributed by atoms with van der Waals surface area (Å²) in [6, 6.07) is 14.4. The van der Waals surface area contributed by atoms with Gasteiger partial charge < -0.3 is 18.9 Å². The molecule has 0 bridgehead atoms. The van der Waals surface area contributed by atoms with Crippen LogP contribution in [0.25, 0.3) is 21.5 Å². The minimum absolute atomic E-state index is 0.171. The molecule has 6 heteroatoms. The van der Waals surface area contributed by atoms with Crippen molar-refractivity contribution >= 4 is 33.5 Å². The second kappa shape index (κ2) is 16.9. The van der Waals surface area contributed by atoms with E-state index in [1.54, 1.807) is 0 Å². The summed E-state index contributed by atoms with van der Waals surface area (Å²) >= 11 is 0. The summed E-state index contributed by atoms with van der Waals surface area (Å²) in [6.45, 7) is 11.0. The van der Waals surface area contributed by atoms with Gasteiger partial charge in [0.15, 0.2) is 0 Å². The van der Waals surface area contributed by atoms with Gasteiger partial charge >= 0.3 is 11.9 Å². The average Bonchev–Trinajstić information content (AvgIpc) is 2.95. The summed E-state index contributed by atoms with van der Waals surface area (Å²) in [5.41, 5.74) is 1.23. The molecule has 0 aromatic heterocycles. The van der Waals surface area contributed by atoms with Gasteiger partial charge in [-0.15, -0.1) is 0 Å². The largest absolute Gasteiger partial charge is 0.489 e. The predicted octanol–water partition coefficient (Wildman–Crippen LogP) is 8.73. The quantitative estimate of drug-likeness (QED) is 0.0874. The molecular formula is C35H48O6. The number of rotatable bonds is 18. The SMILES string of the molecule is CCCCCc1ccc2c(OC(C)CC(=O)OCCCC)c3ccccc3c(OC(C)CC(=O)OCCCC)c2c1. The minimum Gasteiger partial charge on any atom is -0.489 e. The number of fused-ring (bicyclic) bond motifs is 2. The molecule has 0 N–H and O–H groups in total. The Morgan fingerprint density at radius 3 is 1.63 bits per heavy atom. The molecule has 2 unspecified atom stereocenters. The first kappa shape index (κ1) is 32.2. The van der Waals surface area contributed by atoms with Gasteiger partial charge in [-0.05, 0) is 51.2 Å². The number of benzene rings is 3. The maximum atomic E-state index is 12.4. The molecule has 0 aliphatic carbocycles. The lowest BCUT2D eigenvalue weighted by Gasteiger charge is -2.23. The Kier molecular flexibility index (Phi) is 13.3. The Hall–Kier alpha value is -3.28. The molecule has 0 radical (unpaired) electrons. The van der Waals surface area contributed by atoms with Gasteiger partial charge in [0.1, 0.15) is 23.7 Å². The maximum absolute atomic E-state index is 12.4. The fraction of sp³-hybridized carbons (Fsp3) is 0.543. The van der Waals surface area contributed by atoms with Crippen LogP contribution >= 0.6 is 0 Å². The second-order valence-electron chi connectivity index (χ2n) is 11.0. The standard InChI is InChI=1S/C35H48O6/c1-6-9-12-15-27-18-19-30-31(24-27)35(41-26(5)23-33(37)39-21-11-8-3)29-17-14-13-16-28(29)34(30)40-25(4)22-32(36)38-20-10-7-2/h13-14,16-19,24-26H,6-12,15,20-23H2,1-5H3. The zero-order valence-electron chi connectivity index (χ0n) is 25.6. The fourth-order valence-corrected chi connectivity index (χ4v) is 4.87. The van der Waals surface area contributed by atoms with Crippen molar-refractivity contribution in [2.75, 3.05) is 13.2 Å². The van der Waals surface area contributed by atoms with Gasteiger partial charge in [0.05, 0.1) is 26.1 Å². The van der Waals surface area contributed by atoms with Crippen LogP contribution in [0.5, 0.6) is 11.5 Å². The van der Waals surface area contributed by atoms with Crippen LogP contribution in [-0.2, 0) is 25.5 Å². The number of aryl methyl sites for hydroxylation is 1. The van der Waals surface area contributed by atoms with Gasteiger partial charge in [-0.25, -0.2) is 0 Å². The number of esters is 2. The Bertz CT molecular complexity index is 1270. The van der Waals surface area contributed by atoms with Crippen LogP contribution in [0.2, 0.25) is 0 Å². The van der Waals surface area contributed by atoms with Crippen LogP contribution in [0.1, 0.15) is 98.0 Å². The Labute approximate surface area is 245 Å². The molecule has 0 aliphatic heterocycles. The number of unbranched alkanes of at least 4 members (excludes halogenated alkanes) is 4. The third-order valence-electron chi connectivity index (χ3n) is 7.13. The summed E-state index contributed by atoms with van der Waals surface area (Å²) in [5, 5.41) is 3.67. The normalized spacial score (nSPS) is 12.7. The molecular weight excluding hydrogens is 516 g/mol. The Morgan fingerprint density at radius 2 is 1.12 bits per heavy atom. The molecule has 0 saturated carbocycles. The fourth-order valence-electron chi connectivity index (χ4n) is 4.87. The van der Waals surface area contributed by atoms with Crippen LogP contribution in [0, 0.1) is 0 Å². The van der Waals surface area contributed by atoms with E-state index in [0.717, 1.165) is 78.0 Å². The third-order valence-corrected chi connectivity index (χ3v) is 7.13. The molecule has 2 atom stereocenters. The second-order valence-corrected chi connectivity index (χ2v) is 11.0. The topological polar surface area (TPSA) is 71.1 Å². The molecule has 0 heterocycles. The van der Waals surface area contributed by atoms with Crippen LogP contribution < -0.4 is 9.47 Å². The first-order valence-corrected chi connectivity index (χ1v) is 15.5. The molecule has 0 saturated heterocycles. The third kappa shape index (κ3) is 9.65. The number of carbonyl (C=O) groups excluding carboxylic acids is 2. The van der Waals surface area contributed by atoms with Gasteiger partial charge in [0, 0.05) is 21.5 Å². The zero-order chi connectivity index (χ0) is 29.6. The summed E-state index contributed by atoms with van der Waals surface area (Å²) < 4.78 is 23.8. The number of hydrogen-bond acceptors (Lipinski definition) is 6. The minimum atomic E-state index is -0.372. The van der Waals surface area contributed by atoms with Crippen molar-refractivity contribution < 1.29 is 28.5 Å². The maximum Gasteiger partial charge on any atom is 0.309 e. The smallest absolute Gasteiger partial charge is 0.309 e. The van der Waals surface area contributed by atoms with Gasteiger partial charge in [-0.3, -0.25) is 9.59 Å². The molecule has 0 fully saturated rings. The molecule has 224 valence electrons. The van der Waals surface area contributed by atoms with Crippen LogP contribution in [-0.4, -0.2) is 37.4 Å². The van der Waals surface area contributed by atoms with Gasteiger partial charge in [-0.1, -0.05) is 82.9 Å². The Morgan fingerprint density at radius 1 is 0.634 bits per heavy atom. The highest BCUT2D eigenvalue weighted by Crippen LogP contribution is 2.44. The molecule has 0 amide bonds. The van der Waals surface area contributed by atoms with Crippen LogP contribution in [0.15, 0.2) is 42.5 Å². The molecule has 41 heavy (non-hydrogen) atoms. The molecule has 0 aliphatic rings. The van der Waals surface area contributed by atoms with Crippen molar-refractivity contribution in [3.8, 4) is 11.5 Å². The summed E-state index contributed by atoms with van der Waals surface area (Å²) in [6.07, 6.45) is 7.70. The van der Waals surface area contributed by atoms with Crippen LogP contribution in [0.4, 0.5) is 0 Å². The first-order chi connectivity index (χ1) is 19.9. The van der Waals surface area contributed by atoms with Crippen LogP contribution in [0.3, 0.4) is 0 Å². The van der Waals surface area contributed by atoms with E-state index in [0.29, 0.717) is 13.2 Å². The molecule has 3 aromatic rings. The van der Waals surface area contributed by atoms with E-state index in [9.17, 15) is 9.59 Å². The zero-order valence-corrected chi connectivity index (χ0v) is 25.6. The number of carbonyl (C=O) groups is 2. The predicted molar refractivity (Wildman–Crippen MR) is 166 cm³/mol. The van der Waals surface area contributed by atoms with E-state index in [1.807, 2.05) is 38.1 Å². The molecule has 0 spiro atoms. The summed E-state index contributed by atoms with van der Waals surface area (Å²) in [4.78, 5) is 24.8.